The predicted octanol–water partition coefficient (Wildman–Crippen LogP) is 3.87. The lowest BCUT2D eigenvalue weighted by Crippen LogP contribution is -2.27. The van der Waals surface area contributed by atoms with E-state index in [4.69, 9.17) is 4.74 Å². The zero-order valence-electron chi connectivity index (χ0n) is 15.9. The van der Waals surface area contributed by atoms with Crippen molar-refractivity contribution >= 4 is 37.5 Å². The number of ether oxygens (including phenoxy) is 1. The third kappa shape index (κ3) is 4.74. The van der Waals surface area contributed by atoms with Crippen LogP contribution in [0.25, 0.3) is 0 Å². The van der Waals surface area contributed by atoms with Gasteiger partial charge in [0.1, 0.15) is 5.75 Å². The molecule has 0 unspecified atom stereocenters. The Labute approximate surface area is 174 Å². The number of hydrogen-bond acceptors (Lipinski definition) is 4. The summed E-state index contributed by atoms with van der Waals surface area (Å²) < 4.78 is 33.0. The maximum absolute atomic E-state index is 12.5. The van der Waals surface area contributed by atoms with Gasteiger partial charge in [-0.2, -0.15) is 4.31 Å². The van der Waals surface area contributed by atoms with Gasteiger partial charge in [-0.3, -0.25) is 4.79 Å². The molecule has 1 saturated heterocycles. The second kappa shape index (κ2) is 8.63. The minimum atomic E-state index is -3.45. The fourth-order valence-electron chi connectivity index (χ4n) is 3.22. The maximum atomic E-state index is 12.5. The SMILES string of the molecule is Cc1cc(Br)cc(C)c1NC(=O)COc1ccc(S(=O)(=O)N2CCCC2)cc1. The minimum absolute atomic E-state index is 0.160. The first-order valence-electron chi connectivity index (χ1n) is 9.07. The molecule has 0 radical (unpaired) electrons. The van der Waals surface area contributed by atoms with Gasteiger partial charge < -0.3 is 10.1 Å². The van der Waals surface area contributed by atoms with Gasteiger partial charge in [0.2, 0.25) is 10.0 Å². The third-order valence-corrected chi connectivity index (χ3v) is 7.03. The third-order valence-electron chi connectivity index (χ3n) is 4.66. The van der Waals surface area contributed by atoms with E-state index in [0.717, 1.165) is 34.1 Å². The molecule has 3 rings (SSSR count). The van der Waals surface area contributed by atoms with E-state index < -0.39 is 10.0 Å². The van der Waals surface area contributed by atoms with Crippen LogP contribution in [0.5, 0.6) is 5.75 Å². The molecule has 28 heavy (non-hydrogen) atoms. The molecule has 0 atom stereocenters. The Hall–Kier alpha value is -1.90. The number of amides is 1. The van der Waals surface area contributed by atoms with E-state index in [0.29, 0.717) is 18.8 Å². The van der Waals surface area contributed by atoms with Crippen molar-refractivity contribution in [3.05, 3.63) is 52.0 Å². The van der Waals surface area contributed by atoms with Crippen LogP contribution >= 0.6 is 15.9 Å². The number of anilines is 1. The number of sulfonamides is 1. The minimum Gasteiger partial charge on any atom is -0.484 e. The van der Waals surface area contributed by atoms with Crippen molar-refractivity contribution in [2.45, 2.75) is 31.6 Å². The van der Waals surface area contributed by atoms with Gasteiger partial charge in [-0.05, 0) is 74.2 Å². The van der Waals surface area contributed by atoms with Crippen LogP contribution in [0, 0.1) is 13.8 Å². The zero-order valence-corrected chi connectivity index (χ0v) is 18.3. The molecule has 1 aliphatic rings. The Balaban J connectivity index is 1.60. The number of nitrogens with one attached hydrogen (secondary N) is 1. The number of benzene rings is 2. The quantitative estimate of drug-likeness (QED) is 0.700. The molecule has 0 bridgehead atoms. The van der Waals surface area contributed by atoms with Gasteiger partial charge in [-0.15, -0.1) is 0 Å². The van der Waals surface area contributed by atoms with Crippen LogP contribution < -0.4 is 10.1 Å². The molecule has 1 amide bonds. The predicted molar refractivity (Wildman–Crippen MR) is 112 cm³/mol. The summed E-state index contributed by atoms with van der Waals surface area (Å²) in [6.07, 6.45) is 1.79. The molecular weight excluding hydrogens is 444 g/mol. The van der Waals surface area contributed by atoms with E-state index in [1.165, 1.54) is 16.4 Å². The van der Waals surface area contributed by atoms with Crippen LogP contribution in [0.3, 0.4) is 0 Å². The van der Waals surface area contributed by atoms with Gasteiger partial charge in [0, 0.05) is 23.2 Å². The average molecular weight is 467 g/mol. The van der Waals surface area contributed by atoms with Gasteiger partial charge in [0.25, 0.3) is 5.91 Å². The molecule has 0 aliphatic carbocycles. The van der Waals surface area contributed by atoms with Crippen molar-refractivity contribution in [2.24, 2.45) is 0 Å². The highest BCUT2D eigenvalue weighted by molar-refractivity contribution is 9.10. The Morgan fingerprint density at radius 2 is 1.68 bits per heavy atom. The van der Waals surface area contributed by atoms with Gasteiger partial charge in [-0.25, -0.2) is 8.42 Å². The van der Waals surface area contributed by atoms with E-state index in [2.05, 4.69) is 21.2 Å². The largest absolute Gasteiger partial charge is 0.484 e. The summed E-state index contributed by atoms with van der Waals surface area (Å²) in [6.45, 7) is 4.82. The standard InChI is InChI=1S/C20H23BrN2O4S/c1-14-11-16(21)12-15(2)20(14)22-19(24)13-27-17-5-7-18(8-6-17)28(25,26)23-9-3-4-10-23/h5-8,11-12H,3-4,9-10,13H2,1-2H3,(H,22,24). The first kappa shape index (κ1) is 20.8. The Morgan fingerprint density at radius 1 is 1.11 bits per heavy atom. The van der Waals surface area contributed by atoms with Crippen LogP contribution in [0.15, 0.2) is 45.8 Å². The molecule has 0 spiro atoms. The molecule has 2 aromatic carbocycles. The molecule has 0 aromatic heterocycles. The smallest absolute Gasteiger partial charge is 0.262 e. The second-order valence-electron chi connectivity index (χ2n) is 6.83. The van der Waals surface area contributed by atoms with E-state index in [-0.39, 0.29) is 17.4 Å². The number of carbonyl (C=O) groups is 1. The fourth-order valence-corrected chi connectivity index (χ4v) is 5.42. The van der Waals surface area contributed by atoms with E-state index >= 15 is 0 Å². The highest BCUT2D eigenvalue weighted by Crippen LogP contribution is 2.25. The molecule has 2 aromatic rings. The van der Waals surface area contributed by atoms with Gasteiger partial charge in [-0.1, -0.05) is 15.9 Å². The molecule has 0 saturated carbocycles. The number of carbonyl (C=O) groups excluding carboxylic acids is 1. The van der Waals surface area contributed by atoms with Crippen LogP contribution in [0.1, 0.15) is 24.0 Å². The number of nitrogens with zero attached hydrogens (tertiary/aromatic N) is 1. The van der Waals surface area contributed by atoms with Gasteiger partial charge >= 0.3 is 0 Å². The highest BCUT2D eigenvalue weighted by atomic mass is 79.9. The van der Waals surface area contributed by atoms with Crippen LogP contribution in [-0.4, -0.2) is 38.3 Å². The molecule has 8 heteroatoms. The monoisotopic (exact) mass is 466 g/mol. The first-order chi connectivity index (χ1) is 13.3. The number of hydrogen-bond donors (Lipinski definition) is 1. The summed E-state index contributed by atoms with van der Waals surface area (Å²) >= 11 is 3.43. The van der Waals surface area contributed by atoms with Crippen LogP contribution in [0.2, 0.25) is 0 Å². The van der Waals surface area contributed by atoms with Crippen molar-refractivity contribution in [2.75, 3.05) is 25.0 Å². The molecule has 1 fully saturated rings. The number of aryl methyl sites for hydroxylation is 2. The van der Waals surface area contributed by atoms with Crippen molar-refractivity contribution in [3.8, 4) is 5.75 Å². The molecule has 1 heterocycles. The second-order valence-corrected chi connectivity index (χ2v) is 9.69. The van der Waals surface area contributed by atoms with Gasteiger partial charge in [0.15, 0.2) is 6.61 Å². The van der Waals surface area contributed by atoms with E-state index in [1.54, 1.807) is 12.1 Å². The fraction of sp³-hybridized carbons (Fsp3) is 0.350. The van der Waals surface area contributed by atoms with Crippen LogP contribution in [0.4, 0.5) is 5.69 Å². The lowest BCUT2D eigenvalue weighted by molar-refractivity contribution is -0.118. The zero-order chi connectivity index (χ0) is 20.3. The molecule has 1 aliphatic heterocycles. The van der Waals surface area contributed by atoms with Gasteiger partial charge in [0.05, 0.1) is 4.90 Å². The van der Waals surface area contributed by atoms with Crippen molar-refractivity contribution in [1.29, 1.82) is 0 Å². The van der Waals surface area contributed by atoms with Crippen molar-refractivity contribution < 1.29 is 17.9 Å². The molecule has 1 N–H and O–H groups in total. The maximum Gasteiger partial charge on any atom is 0.262 e. The van der Waals surface area contributed by atoms with Crippen molar-refractivity contribution in [1.82, 2.24) is 4.31 Å². The van der Waals surface area contributed by atoms with Crippen LogP contribution in [-0.2, 0) is 14.8 Å². The summed E-state index contributed by atoms with van der Waals surface area (Å²) in [5, 5.41) is 2.86. The molecule has 6 nitrogen and oxygen atoms in total. The summed E-state index contributed by atoms with van der Waals surface area (Å²) in [5.74, 6) is 0.169. The summed E-state index contributed by atoms with van der Waals surface area (Å²) in [6, 6.07) is 10.1. The number of rotatable bonds is 6. The summed E-state index contributed by atoms with van der Waals surface area (Å²) in [5.41, 5.74) is 2.68. The van der Waals surface area contributed by atoms with Crippen molar-refractivity contribution in [3.63, 3.8) is 0 Å². The lowest BCUT2D eigenvalue weighted by Gasteiger charge is -2.16. The lowest BCUT2D eigenvalue weighted by atomic mass is 10.1. The topological polar surface area (TPSA) is 75.7 Å². The molecular formula is C20H23BrN2O4S. The summed E-state index contributed by atoms with van der Waals surface area (Å²) in [7, 11) is -3.45. The Bertz CT molecular complexity index is 945. The average Bonchev–Trinajstić information content (AvgIpc) is 3.19. The Morgan fingerprint density at radius 3 is 2.25 bits per heavy atom. The first-order valence-corrected chi connectivity index (χ1v) is 11.3. The normalized spacial score (nSPS) is 14.8. The van der Waals surface area contributed by atoms with E-state index in [9.17, 15) is 13.2 Å². The van der Waals surface area contributed by atoms with E-state index in [1.807, 2.05) is 26.0 Å². The highest BCUT2D eigenvalue weighted by Gasteiger charge is 2.26. The molecule has 150 valence electrons. The summed E-state index contributed by atoms with van der Waals surface area (Å²) in [4.78, 5) is 12.5. The Kier molecular flexibility index (Phi) is 6.42. The number of halogens is 1.